The van der Waals surface area contributed by atoms with E-state index in [4.69, 9.17) is 0 Å². The summed E-state index contributed by atoms with van der Waals surface area (Å²) in [5.74, 6) is 0. The summed E-state index contributed by atoms with van der Waals surface area (Å²) in [6.45, 7) is 8.00. The molecule has 0 spiro atoms. The maximum absolute atomic E-state index is 9.37. The molecule has 0 N–H and O–H groups in total. The highest BCUT2D eigenvalue weighted by Crippen LogP contribution is 2.29. The number of quaternary nitrogens is 2. The van der Waals surface area contributed by atoms with E-state index < -0.39 is 20.8 Å². The van der Waals surface area contributed by atoms with Crippen LogP contribution in [0.3, 0.4) is 0 Å². The van der Waals surface area contributed by atoms with Gasteiger partial charge in [-0.1, -0.05) is 243 Å². The third-order valence-electron chi connectivity index (χ3n) is 11.1. The maximum atomic E-state index is 9.37. The first-order valence-electron chi connectivity index (χ1n) is 22.1. The first-order valence-corrected chi connectivity index (χ1v) is 24.8. The standard InChI is InChI=1S/2C28H28N.H2O8S2/c2*1-5-13-25(14-6-1)21-29(22-26-15-7-2-8-16-26,23-27-17-9-3-10-18-27)24-28-19-11-4-12-20-28;1-9(2,3)7-8-10(4,5)6/h2*1-20H,21-24H2;(H,1,2,3)(H,4,5,6)/q2*+1;/p-2. The molecule has 8 aromatic rings. The summed E-state index contributed by atoms with van der Waals surface area (Å²) in [5.41, 5.74) is 11.1. The SMILES string of the molecule is O=S(=O)([O-])OOS(=O)(=O)[O-].c1ccc(C[N+](Cc2ccccc2)(Cc2ccccc2)Cc2ccccc2)cc1.c1ccc(C[N+](Cc2ccccc2)(Cc2ccccc2)Cc2ccccc2)cc1. The molecule has 0 amide bonds. The highest BCUT2D eigenvalue weighted by molar-refractivity contribution is 7.83. The van der Waals surface area contributed by atoms with Gasteiger partial charge in [0.1, 0.15) is 52.4 Å². The highest BCUT2D eigenvalue weighted by atomic mass is 32.3. The lowest BCUT2D eigenvalue weighted by molar-refractivity contribution is -0.978. The summed E-state index contributed by atoms with van der Waals surface area (Å²) in [5, 5.41) is 0. The van der Waals surface area contributed by atoms with E-state index in [2.05, 4.69) is 251 Å². The molecule has 0 radical (unpaired) electrons. The third kappa shape index (κ3) is 18.6. The number of benzene rings is 8. The Bertz CT molecular complexity index is 2320. The Kier molecular flexibility index (Phi) is 19.1. The Balaban J connectivity index is 0.000000187. The van der Waals surface area contributed by atoms with E-state index in [1.165, 1.54) is 44.5 Å². The molecular weight excluding hydrogens is 893 g/mol. The first kappa shape index (κ1) is 50.8. The average Bonchev–Trinajstić information content (AvgIpc) is 3.33. The molecule has 0 aliphatic rings. The summed E-state index contributed by atoms with van der Waals surface area (Å²) >= 11 is 0. The molecule has 0 aliphatic heterocycles. The molecule has 0 aromatic heterocycles. The van der Waals surface area contributed by atoms with E-state index in [9.17, 15) is 25.9 Å². The van der Waals surface area contributed by atoms with Gasteiger partial charge in [0.25, 0.3) is 0 Å². The number of rotatable bonds is 19. The predicted octanol–water partition coefficient (Wildman–Crippen LogP) is 11.1. The van der Waals surface area contributed by atoms with Crippen LogP contribution in [-0.4, -0.2) is 34.9 Å². The summed E-state index contributed by atoms with van der Waals surface area (Å²) < 4.78 is 63.4. The van der Waals surface area contributed by atoms with Gasteiger partial charge in [-0.05, 0) is 0 Å². The van der Waals surface area contributed by atoms with E-state index in [-0.39, 0.29) is 0 Å². The van der Waals surface area contributed by atoms with Gasteiger partial charge in [0.05, 0.1) is 0 Å². The molecule has 0 bridgehead atoms. The van der Waals surface area contributed by atoms with Crippen molar-refractivity contribution >= 4 is 20.8 Å². The van der Waals surface area contributed by atoms with Crippen LogP contribution in [0.2, 0.25) is 0 Å². The molecule has 8 rings (SSSR count). The molecule has 0 aliphatic carbocycles. The molecule has 10 nitrogen and oxygen atoms in total. The fourth-order valence-electron chi connectivity index (χ4n) is 8.50. The van der Waals surface area contributed by atoms with E-state index in [0.717, 1.165) is 61.3 Å². The predicted molar refractivity (Wildman–Crippen MR) is 263 cm³/mol. The molecule has 12 heteroatoms. The van der Waals surface area contributed by atoms with Gasteiger partial charge in [0, 0.05) is 44.5 Å². The van der Waals surface area contributed by atoms with Crippen LogP contribution in [0, 0.1) is 0 Å². The van der Waals surface area contributed by atoms with Crippen LogP contribution in [-0.2, 0) is 81.8 Å². The lowest BCUT2D eigenvalue weighted by atomic mass is 10.0. The van der Waals surface area contributed by atoms with Gasteiger partial charge in [-0.3, -0.25) is 0 Å². The second-order valence-corrected chi connectivity index (χ2v) is 18.7. The minimum Gasteiger partial charge on any atom is -0.724 e. The lowest BCUT2D eigenvalue weighted by Crippen LogP contribution is -2.45. The van der Waals surface area contributed by atoms with Gasteiger partial charge in [0.15, 0.2) is 0 Å². The van der Waals surface area contributed by atoms with E-state index in [1.807, 2.05) is 0 Å². The zero-order valence-electron chi connectivity index (χ0n) is 37.7. The van der Waals surface area contributed by atoms with E-state index in [1.54, 1.807) is 0 Å². The molecule has 68 heavy (non-hydrogen) atoms. The Morgan fingerprint density at radius 1 is 0.250 bits per heavy atom. The molecule has 350 valence electrons. The molecular formula is C56H56N2O8S2. The maximum Gasteiger partial charge on any atom is 0.246 e. The van der Waals surface area contributed by atoms with Crippen LogP contribution < -0.4 is 0 Å². The van der Waals surface area contributed by atoms with Crippen molar-refractivity contribution in [3.05, 3.63) is 287 Å². The molecule has 0 fully saturated rings. The van der Waals surface area contributed by atoms with Gasteiger partial charge < -0.3 is 18.1 Å². The fourth-order valence-corrected chi connectivity index (χ4v) is 9.05. The average molecular weight is 949 g/mol. The second kappa shape index (κ2) is 25.5. The quantitative estimate of drug-likeness (QED) is 0.0257. The van der Waals surface area contributed by atoms with Crippen LogP contribution in [0.25, 0.3) is 0 Å². The van der Waals surface area contributed by atoms with Crippen LogP contribution >= 0.6 is 0 Å². The van der Waals surface area contributed by atoms with Crippen molar-refractivity contribution in [1.29, 1.82) is 0 Å². The molecule has 0 heterocycles. The summed E-state index contributed by atoms with van der Waals surface area (Å²) in [6.07, 6.45) is 0. The van der Waals surface area contributed by atoms with E-state index in [0.29, 0.717) is 0 Å². The number of hydrogen-bond donors (Lipinski definition) is 0. The Hall–Kier alpha value is -6.58. The highest BCUT2D eigenvalue weighted by Gasteiger charge is 2.31. The second-order valence-electron chi connectivity index (χ2n) is 16.8. The molecule has 0 saturated carbocycles. The smallest absolute Gasteiger partial charge is 0.246 e. The zero-order chi connectivity index (χ0) is 48.0. The van der Waals surface area contributed by atoms with Crippen molar-refractivity contribution in [1.82, 2.24) is 0 Å². The summed E-state index contributed by atoms with van der Waals surface area (Å²) in [7, 11) is -10.6. The van der Waals surface area contributed by atoms with Crippen molar-refractivity contribution in [3.63, 3.8) is 0 Å². The normalized spacial score (nSPS) is 11.6. The van der Waals surface area contributed by atoms with Crippen molar-refractivity contribution in [2.24, 2.45) is 0 Å². The van der Waals surface area contributed by atoms with Crippen LogP contribution in [0.15, 0.2) is 243 Å². The van der Waals surface area contributed by atoms with Gasteiger partial charge in [-0.15, -0.1) is 8.67 Å². The van der Waals surface area contributed by atoms with Crippen LogP contribution in [0.1, 0.15) is 44.5 Å². The summed E-state index contributed by atoms with van der Waals surface area (Å²) in [4.78, 5) is 0. The Morgan fingerprint density at radius 3 is 0.471 bits per heavy atom. The molecule has 0 saturated heterocycles. The van der Waals surface area contributed by atoms with Gasteiger partial charge in [-0.25, -0.2) is 16.8 Å². The third-order valence-corrected chi connectivity index (χ3v) is 11.6. The Morgan fingerprint density at radius 2 is 0.368 bits per heavy atom. The van der Waals surface area contributed by atoms with Crippen LogP contribution in [0.4, 0.5) is 0 Å². The molecule has 0 unspecified atom stereocenters. The largest absolute Gasteiger partial charge is 0.724 e. The van der Waals surface area contributed by atoms with Crippen LogP contribution in [0.5, 0.6) is 0 Å². The topological polar surface area (TPSA) is 133 Å². The van der Waals surface area contributed by atoms with E-state index >= 15 is 0 Å². The van der Waals surface area contributed by atoms with Crippen molar-refractivity contribution in [3.8, 4) is 0 Å². The lowest BCUT2D eigenvalue weighted by Gasteiger charge is -2.39. The van der Waals surface area contributed by atoms with Gasteiger partial charge >= 0.3 is 0 Å². The minimum absolute atomic E-state index is 0.960. The van der Waals surface area contributed by atoms with Gasteiger partial charge in [-0.2, -0.15) is 0 Å². The van der Waals surface area contributed by atoms with Crippen molar-refractivity contribution < 1.29 is 43.6 Å². The molecule has 0 atom stereocenters. The van der Waals surface area contributed by atoms with Crippen molar-refractivity contribution in [2.45, 2.75) is 52.4 Å². The summed E-state index contributed by atoms with van der Waals surface area (Å²) in [6, 6.07) is 87.3. The zero-order valence-corrected chi connectivity index (χ0v) is 39.4. The number of hydrogen-bond acceptors (Lipinski definition) is 8. The monoisotopic (exact) mass is 948 g/mol. The number of nitrogens with zero attached hydrogens (tertiary/aromatic N) is 2. The minimum atomic E-state index is -5.31. The fraction of sp³-hybridized carbons (Fsp3) is 0.143. The molecule has 8 aromatic carbocycles. The first-order chi connectivity index (χ1) is 32.8. The Labute approximate surface area is 402 Å². The van der Waals surface area contributed by atoms with Gasteiger partial charge in [0.2, 0.25) is 20.8 Å². The van der Waals surface area contributed by atoms with Crippen molar-refractivity contribution in [2.75, 3.05) is 0 Å².